The maximum Gasteiger partial charge on any atom is 0.221 e. The van der Waals surface area contributed by atoms with E-state index in [1.165, 1.54) is 5.56 Å². The third-order valence-electron chi connectivity index (χ3n) is 2.37. The Hall–Kier alpha value is -1.51. The van der Waals surface area contributed by atoms with Crippen molar-refractivity contribution >= 4 is 5.91 Å². The van der Waals surface area contributed by atoms with Crippen LogP contribution in [0.4, 0.5) is 0 Å². The molecule has 1 aromatic rings. The van der Waals surface area contributed by atoms with Gasteiger partial charge < -0.3 is 10.5 Å². The minimum atomic E-state index is -0.340. The van der Waals surface area contributed by atoms with Gasteiger partial charge >= 0.3 is 0 Å². The van der Waals surface area contributed by atoms with Crippen molar-refractivity contribution in [1.82, 2.24) is 0 Å². The molecule has 0 fully saturated rings. The highest BCUT2D eigenvalue weighted by atomic mass is 16.5. The van der Waals surface area contributed by atoms with Crippen LogP contribution in [0.1, 0.15) is 24.5 Å². The van der Waals surface area contributed by atoms with Gasteiger partial charge in [0.15, 0.2) is 0 Å². The Balaban J connectivity index is 2.72. The summed E-state index contributed by atoms with van der Waals surface area (Å²) in [4.78, 5) is 10.7. The minimum absolute atomic E-state index is 0.178. The van der Waals surface area contributed by atoms with Gasteiger partial charge in [-0.25, -0.2) is 0 Å². The second-order valence-corrected chi connectivity index (χ2v) is 3.80. The molecular formula is C12H17NO2. The molecule has 82 valence electrons. The van der Waals surface area contributed by atoms with Crippen molar-refractivity contribution in [1.29, 1.82) is 0 Å². The van der Waals surface area contributed by atoms with Crippen LogP contribution >= 0.6 is 0 Å². The second kappa shape index (κ2) is 4.82. The molecule has 2 N–H and O–H groups in total. The molecule has 0 spiro atoms. The Morgan fingerprint density at radius 1 is 1.47 bits per heavy atom. The lowest BCUT2D eigenvalue weighted by molar-refractivity contribution is -0.119. The summed E-state index contributed by atoms with van der Waals surface area (Å²) in [6, 6.07) is 5.87. The van der Waals surface area contributed by atoms with Crippen molar-refractivity contribution < 1.29 is 9.53 Å². The van der Waals surface area contributed by atoms with Crippen LogP contribution in [0.15, 0.2) is 18.2 Å². The molecule has 1 amide bonds. The van der Waals surface area contributed by atoms with Gasteiger partial charge in [0.1, 0.15) is 11.9 Å². The van der Waals surface area contributed by atoms with Crippen LogP contribution in [0.25, 0.3) is 0 Å². The Bertz CT molecular complexity index is 361. The van der Waals surface area contributed by atoms with E-state index in [2.05, 4.69) is 0 Å². The first-order valence-electron chi connectivity index (χ1n) is 5.02. The molecule has 0 heterocycles. The lowest BCUT2D eigenvalue weighted by Gasteiger charge is -2.15. The molecule has 1 aromatic carbocycles. The van der Waals surface area contributed by atoms with E-state index in [0.29, 0.717) is 0 Å². The fourth-order valence-electron chi connectivity index (χ4n) is 1.39. The summed E-state index contributed by atoms with van der Waals surface area (Å²) in [6.07, 6.45) is 0.0657. The standard InChI is InChI=1S/C12H17NO2/c1-8-5-4-6-11(10(8)3)15-9(2)7-12(13)14/h4-6,9H,7H2,1-3H3,(H2,13,14). The molecule has 0 saturated carbocycles. The number of nitrogens with two attached hydrogens (primary N) is 1. The lowest BCUT2D eigenvalue weighted by atomic mass is 10.1. The third kappa shape index (κ3) is 3.27. The Kier molecular flexibility index (Phi) is 3.72. The van der Waals surface area contributed by atoms with Gasteiger partial charge in [0.25, 0.3) is 0 Å². The number of ether oxygens (including phenoxy) is 1. The largest absolute Gasteiger partial charge is 0.490 e. The summed E-state index contributed by atoms with van der Waals surface area (Å²) >= 11 is 0. The van der Waals surface area contributed by atoms with Crippen molar-refractivity contribution in [3.05, 3.63) is 29.3 Å². The van der Waals surface area contributed by atoms with Gasteiger partial charge in [-0.15, -0.1) is 0 Å². The van der Waals surface area contributed by atoms with E-state index in [4.69, 9.17) is 10.5 Å². The molecule has 1 rings (SSSR count). The number of primary amides is 1. The summed E-state index contributed by atoms with van der Waals surface area (Å²) in [5.74, 6) is 0.483. The van der Waals surface area contributed by atoms with Gasteiger partial charge in [-0.05, 0) is 38.0 Å². The molecular weight excluding hydrogens is 190 g/mol. The van der Waals surface area contributed by atoms with Gasteiger partial charge in [0, 0.05) is 0 Å². The number of rotatable bonds is 4. The van der Waals surface area contributed by atoms with Crippen LogP contribution in [-0.2, 0) is 4.79 Å². The van der Waals surface area contributed by atoms with E-state index in [-0.39, 0.29) is 18.4 Å². The fourth-order valence-corrected chi connectivity index (χ4v) is 1.39. The Morgan fingerprint density at radius 3 is 2.73 bits per heavy atom. The highest BCUT2D eigenvalue weighted by Gasteiger charge is 2.09. The normalized spacial score (nSPS) is 12.2. The van der Waals surface area contributed by atoms with Gasteiger partial charge in [-0.2, -0.15) is 0 Å². The Labute approximate surface area is 90.2 Å². The summed E-state index contributed by atoms with van der Waals surface area (Å²) in [5.41, 5.74) is 7.38. The van der Waals surface area contributed by atoms with E-state index >= 15 is 0 Å². The zero-order valence-electron chi connectivity index (χ0n) is 9.41. The number of aryl methyl sites for hydroxylation is 1. The van der Waals surface area contributed by atoms with Gasteiger partial charge in [0.05, 0.1) is 6.42 Å². The predicted octanol–water partition coefficient (Wildman–Crippen LogP) is 1.95. The van der Waals surface area contributed by atoms with Crippen molar-refractivity contribution in [2.75, 3.05) is 0 Å². The molecule has 0 aromatic heterocycles. The highest BCUT2D eigenvalue weighted by molar-refractivity contribution is 5.74. The number of carbonyl (C=O) groups excluding carboxylic acids is 1. The maximum absolute atomic E-state index is 10.7. The van der Waals surface area contributed by atoms with E-state index in [1.807, 2.05) is 39.0 Å². The smallest absolute Gasteiger partial charge is 0.221 e. The van der Waals surface area contributed by atoms with Crippen LogP contribution in [-0.4, -0.2) is 12.0 Å². The quantitative estimate of drug-likeness (QED) is 0.820. The van der Waals surface area contributed by atoms with Gasteiger partial charge in [-0.3, -0.25) is 4.79 Å². The monoisotopic (exact) mass is 207 g/mol. The highest BCUT2D eigenvalue weighted by Crippen LogP contribution is 2.22. The fraction of sp³-hybridized carbons (Fsp3) is 0.417. The topological polar surface area (TPSA) is 52.3 Å². The van der Waals surface area contributed by atoms with E-state index < -0.39 is 0 Å². The van der Waals surface area contributed by atoms with Crippen molar-refractivity contribution in [3.63, 3.8) is 0 Å². The van der Waals surface area contributed by atoms with Crippen LogP contribution in [0, 0.1) is 13.8 Å². The van der Waals surface area contributed by atoms with Gasteiger partial charge in [-0.1, -0.05) is 12.1 Å². The van der Waals surface area contributed by atoms with Crippen molar-refractivity contribution in [2.24, 2.45) is 5.73 Å². The molecule has 1 unspecified atom stereocenters. The van der Waals surface area contributed by atoms with Crippen molar-refractivity contribution in [2.45, 2.75) is 33.3 Å². The third-order valence-corrected chi connectivity index (χ3v) is 2.37. The molecule has 0 aliphatic rings. The number of benzene rings is 1. The average Bonchev–Trinajstić information content (AvgIpc) is 2.11. The SMILES string of the molecule is Cc1cccc(OC(C)CC(N)=O)c1C. The predicted molar refractivity (Wildman–Crippen MR) is 59.8 cm³/mol. The van der Waals surface area contributed by atoms with E-state index in [9.17, 15) is 4.79 Å². The molecule has 0 radical (unpaired) electrons. The number of hydrogen-bond donors (Lipinski definition) is 1. The molecule has 0 bridgehead atoms. The van der Waals surface area contributed by atoms with Gasteiger partial charge in [0.2, 0.25) is 5.91 Å². The molecule has 3 heteroatoms. The molecule has 3 nitrogen and oxygen atoms in total. The molecule has 15 heavy (non-hydrogen) atoms. The molecule has 0 aliphatic carbocycles. The summed E-state index contributed by atoms with van der Waals surface area (Å²) in [5, 5.41) is 0. The Morgan fingerprint density at radius 2 is 2.13 bits per heavy atom. The van der Waals surface area contributed by atoms with E-state index in [0.717, 1.165) is 11.3 Å². The first kappa shape index (κ1) is 11.6. The van der Waals surface area contributed by atoms with Crippen molar-refractivity contribution in [3.8, 4) is 5.75 Å². The summed E-state index contributed by atoms with van der Waals surface area (Å²) in [6.45, 7) is 5.87. The van der Waals surface area contributed by atoms with Crippen LogP contribution in [0.2, 0.25) is 0 Å². The molecule has 0 aliphatic heterocycles. The number of hydrogen-bond acceptors (Lipinski definition) is 2. The van der Waals surface area contributed by atoms with Crippen LogP contribution in [0.5, 0.6) is 5.75 Å². The zero-order valence-corrected chi connectivity index (χ0v) is 9.41. The second-order valence-electron chi connectivity index (χ2n) is 3.80. The summed E-state index contributed by atoms with van der Waals surface area (Å²) in [7, 11) is 0. The summed E-state index contributed by atoms with van der Waals surface area (Å²) < 4.78 is 5.64. The molecule has 0 saturated heterocycles. The molecule has 1 atom stereocenters. The number of carbonyl (C=O) groups is 1. The average molecular weight is 207 g/mol. The van der Waals surface area contributed by atoms with Crippen LogP contribution in [0.3, 0.4) is 0 Å². The first-order valence-corrected chi connectivity index (χ1v) is 5.02. The maximum atomic E-state index is 10.7. The first-order chi connectivity index (χ1) is 7.00. The zero-order chi connectivity index (χ0) is 11.4. The lowest BCUT2D eigenvalue weighted by Crippen LogP contribution is -2.22. The van der Waals surface area contributed by atoms with Crippen LogP contribution < -0.4 is 10.5 Å². The number of amides is 1. The van der Waals surface area contributed by atoms with E-state index in [1.54, 1.807) is 0 Å². The minimum Gasteiger partial charge on any atom is -0.490 e.